The number of benzene rings is 1. The van der Waals surface area contributed by atoms with Crippen molar-refractivity contribution in [2.75, 3.05) is 26.7 Å². The SMILES string of the molecule is CNCCC1CCN(C(=O)c2nn(C(C)C)c(=O)c3ccccc23)CC1.Cl. The molecule has 1 aliphatic rings. The van der Waals surface area contributed by atoms with Gasteiger partial charge in [-0.3, -0.25) is 9.59 Å². The monoisotopic (exact) mass is 392 g/mol. The molecule has 1 fully saturated rings. The van der Waals surface area contributed by atoms with Gasteiger partial charge in [-0.05, 0) is 58.7 Å². The molecule has 7 heteroatoms. The minimum Gasteiger partial charge on any atom is -0.337 e. The van der Waals surface area contributed by atoms with Crippen LogP contribution in [-0.2, 0) is 0 Å². The third-order valence-corrected chi connectivity index (χ3v) is 5.22. The summed E-state index contributed by atoms with van der Waals surface area (Å²) >= 11 is 0. The molecule has 0 radical (unpaired) electrons. The van der Waals surface area contributed by atoms with Gasteiger partial charge in [-0.2, -0.15) is 5.10 Å². The Morgan fingerprint density at radius 3 is 2.44 bits per heavy atom. The third kappa shape index (κ3) is 4.50. The van der Waals surface area contributed by atoms with Gasteiger partial charge in [-0.1, -0.05) is 18.2 Å². The molecule has 1 N–H and O–H groups in total. The lowest BCUT2D eigenvalue weighted by atomic mass is 9.93. The summed E-state index contributed by atoms with van der Waals surface area (Å²) in [7, 11) is 1.97. The Hall–Kier alpha value is -1.92. The summed E-state index contributed by atoms with van der Waals surface area (Å²) in [4.78, 5) is 27.7. The van der Waals surface area contributed by atoms with Gasteiger partial charge >= 0.3 is 0 Å². The topological polar surface area (TPSA) is 67.2 Å². The number of rotatable bonds is 5. The van der Waals surface area contributed by atoms with Crippen LogP contribution in [0.1, 0.15) is 49.6 Å². The van der Waals surface area contributed by atoms with Crippen molar-refractivity contribution in [2.45, 2.75) is 39.2 Å². The van der Waals surface area contributed by atoms with E-state index < -0.39 is 0 Å². The first-order chi connectivity index (χ1) is 12.5. The first kappa shape index (κ1) is 21.4. The van der Waals surface area contributed by atoms with E-state index in [-0.39, 0.29) is 29.9 Å². The van der Waals surface area contributed by atoms with Crippen molar-refractivity contribution in [3.05, 3.63) is 40.3 Å². The molecule has 1 aromatic heterocycles. The second kappa shape index (κ2) is 9.33. The van der Waals surface area contributed by atoms with E-state index in [0.717, 1.165) is 38.9 Å². The van der Waals surface area contributed by atoms with Crippen LogP contribution >= 0.6 is 12.4 Å². The molecule has 0 saturated carbocycles. The van der Waals surface area contributed by atoms with Gasteiger partial charge in [0.2, 0.25) is 0 Å². The van der Waals surface area contributed by atoms with Gasteiger partial charge in [0.1, 0.15) is 0 Å². The molecule has 0 atom stereocenters. The molecule has 1 saturated heterocycles. The number of hydrogen-bond acceptors (Lipinski definition) is 4. The standard InChI is InChI=1S/C20H28N4O2.ClH/c1-14(2)24-19(25)17-7-5-4-6-16(17)18(22-24)20(26)23-12-9-15(10-13-23)8-11-21-3;/h4-7,14-15,21H,8-13H2,1-3H3;1H. The molecular formula is C20H29ClN4O2. The van der Waals surface area contributed by atoms with E-state index in [2.05, 4.69) is 10.4 Å². The van der Waals surface area contributed by atoms with Crippen LogP contribution in [0.5, 0.6) is 0 Å². The van der Waals surface area contributed by atoms with Gasteiger partial charge in [-0.25, -0.2) is 4.68 Å². The van der Waals surface area contributed by atoms with E-state index in [1.54, 1.807) is 6.07 Å². The minimum absolute atomic E-state index is 0. The van der Waals surface area contributed by atoms with Crippen LogP contribution < -0.4 is 10.9 Å². The summed E-state index contributed by atoms with van der Waals surface area (Å²) in [6.07, 6.45) is 3.20. The molecule has 0 aliphatic carbocycles. The van der Waals surface area contributed by atoms with Crippen LogP contribution in [0.2, 0.25) is 0 Å². The van der Waals surface area contributed by atoms with Gasteiger partial charge in [0.15, 0.2) is 5.69 Å². The quantitative estimate of drug-likeness (QED) is 0.849. The Labute approximate surface area is 166 Å². The average molecular weight is 393 g/mol. The van der Waals surface area contributed by atoms with Crippen LogP contribution in [0, 0.1) is 5.92 Å². The fraction of sp³-hybridized carbons (Fsp3) is 0.550. The Morgan fingerprint density at radius 1 is 1.22 bits per heavy atom. The Morgan fingerprint density at radius 2 is 1.85 bits per heavy atom. The van der Waals surface area contributed by atoms with Crippen LogP contribution in [0.25, 0.3) is 10.8 Å². The van der Waals surface area contributed by atoms with E-state index in [9.17, 15) is 9.59 Å². The minimum atomic E-state index is -0.141. The molecule has 2 heterocycles. The maximum absolute atomic E-state index is 13.2. The van der Waals surface area contributed by atoms with Crippen molar-refractivity contribution >= 4 is 29.1 Å². The molecule has 0 spiro atoms. The number of carbonyl (C=O) groups is 1. The van der Waals surface area contributed by atoms with E-state index in [1.165, 1.54) is 4.68 Å². The molecule has 3 rings (SSSR count). The Kier molecular flexibility index (Phi) is 7.39. The summed E-state index contributed by atoms with van der Waals surface area (Å²) in [6.45, 7) is 6.34. The molecule has 1 amide bonds. The van der Waals surface area contributed by atoms with Crippen molar-refractivity contribution in [3.63, 3.8) is 0 Å². The van der Waals surface area contributed by atoms with Crippen LogP contribution in [0.15, 0.2) is 29.1 Å². The van der Waals surface area contributed by atoms with Gasteiger partial charge in [0, 0.05) is 18.5 Å². The second-order valence-electron chi connectivity index (χ2n) is 7.37. The van der Waals surface area contributed by atoms with Gasteiger partial charge < -0.3 is 10.2 Å². The van der Waals surface area contributed by atoms with Crippen molar-refractivity contribution < 1.29 is 4.79 Å². The molecule has 2 aromatic rings. The van der Waals surface area contributed by atoms with Crippen molar-refractivity contribution in [1.29, 1.82) is 0 Å². The predicted octanol–water partition coefficient (Wildman–Crippen LogP) is 2.86. The number of amides is 1. The lowest BCUT2D eigenvalue weighted by Crippen LogP contribution is -2.40. The maximum Gasteiger partial charge on any atom is 0.274 e. The number of nitrogens with zero attached hydrogens (tertiary/aromatic N) is 3. The number of carbonyl (C=O) groups excluding carboxylic acids is 1. The van der Waals surface area contributed by atoms with E-state index >= 15 is 0 Å². The van der Waals surface area contributed by atoms with Crippen LogP contribution in [0.4, 0.5) is 0 Å². The Bertz CT molecular complexity index is 841. The highest BCUT2D eigenvalue weighted by molar-refractivity contribution is 6.04. The summed E-state index contributed by atoms with van der Waals surface area (Å²) in [5, 5.41) is 8.85. The van der Waals surface area contributed by atoms with Gasteiger partial charge in [-0.15, -0.1) is 12.4 Å². The van der Waals surface area contributed by atoms with Gasteiger partial charge in [0.25, 0.3) is 11.5 Å². The number of hydrogen-bond donors (Lipinski definition) is 1. The van der Waals surface area contributed by atoms with Crippen molar-refractivity contribution in [2.24, 2.45) is 5.92 Å². The first-order valence-corrected chi connectivity index (χ1v) is 9.48. The maximum atomic E-state index is 13.2. The number of nitrogens with one attached hydrogen (secondary N) is 1. The lowest BCUT2D eigenvalue weighted by Gasteiger charge is -2.32. The summed E-state index contributed by atoms with van der Waals surface area (Å²) in [5.41, 5.74) is 0.250. The zero-order chi connectivity index (χ0) is 18.7. The fourth-order valence-electron chi connectivity index (χ4n) is 3.64. The highest BCUT2D eigenvalue weighted by Gasteiger charge is 2.26. The fourth-order valence-corrected chi connectivity index (χ4v) is 3.64. The zero-order valence-corrected chi connectivity index (χ0v) is 17.1. The molecule has 6 nitrogen and oxygen atoms in total. The summed E-state index contributed by atoms with van der Waals surface area (Å²) < 4.78 is 1.43. The number of halogens is 1. The normalized spacial score (nSPS) is 15.2. The molecule has 148 valence electrons. The molecular weight excluding hydrogens is 364 g/mol. The first-order valence-electron chi connectivity index (χ1n) is 9.48. The molecule has 27 heavy (non-hydrogen) atoms. The molecule has 1 aliphatic heterocycles. The van der Waals surface area contributed by atoms with E-state index in [4.69, 9.17) is 0 Å². The number of likely N-dealkylation sites (tertiary alicyclic amines) is 1. The third-order valence-electron chi connectivity index (χ3n) is 5.22. The average Bonchev–Trinajstić information content (AvgIpc) is 2.66. The van der Waals surface area contributed by atoms with Crippen molar-refractivity contribution in [3.8, 4) is 0 Å². The lowest BCUT2D eigenvalue weighted by molar-refractivity contribution is 0.0680. The second-order valence-corrected chi connectivity index (χ2v) is 7.37. The van der Waals surface area contributed by atoms with Crippen LogP contribution in [-0.4, -0.2) is 47.3 Å². The summed E-state index contributed by atoms with van der Waals surface area (Å²) in [6, 6.07) is 7.19. The molecule has 0 unspecified atom stereocenters. The number of aromatic nitrogens is 2. The van der Waals surface area contributed by atoms with Gasteiger partial charge in [0.05, 0.1) is 11.4 Å². The van der Waals surface area contributed by atoms with Crippen molar-refractivity contribution in [1.82, 2.24) is 20.0 Å². The molecule has 1 aromatic carbocycles. The Balaban J connectivity index is 0.00000261. The van der Waals surface area contributed by atoms with Crippen LogP contribution in [0.3, 0.4) is 0 Å². The smallest absolute Gasteiger partial charge is 0.274 e. The zero-order valence-electron chi connectivity index (χ0n) is 16.3. The predicted molar refractivity (Wildman–Crippen MR) is 111 cm³/mol. The largest absolute Gasteiger partial charge is 0.337 e. The van der Waals surface area contributed by atoms with E-state index in [0.29, 0.717) is 22.4 Å². The highest BCUT2D eigenvalue weighted by atomic mass is 35.5. The van der Waals surface area contributed by atoms with E-state index in [1.807, 2.05) is 44.0 Å². The highest BCUT2D eigenvalue weighted by Crippen LogP contribution is 2.23. The summed E-state index contributed by atoms with van der Waals surface area (Å²) in [5.74, 6) is 0.600. The number of piperidine rings is 1. The molecule has 0 bridgehead atoms. The number of fused-ring (bicyclic) bond motifs is 1.